The van der Waals surface area contributed by atoms with Gasteiger partial charge in [-0.2, -0.15) is 13.2 Å². The Kier molecular flexibility index (Phi) is 7.60. The zero-order chi connectivity index (χ0) is 23.6. The minimum Gasteiger partial charge on any atom is -0.377 e. The van der Waals surface area contributed by atoms with Gasteiger partial charge in [0.1, 0.15) is 17.9 Å². The highest BCUT2D eigenvalue weighted by Gasteiger charge is 2.35. The number of nitrogens with zero attached hydrogens (tertiary/aromatic N) is 1. The fourth-order valence-electron chi connectivity index (χ4n) is 3.27. The molecule has 2 heterocycles. The monoisotopic (exact) mass is 510 g/mol. The first-order valence-electron chi connectivity index (χ1n) is 9.60. The van der Waals surface area contributed by atoms with Crippen molar-refractivity contribution in [2.24, 2.45) is 0 Å². The predicted molar refractivity (Wildman–Crippen MR) is 126 cm³/mol. The highest BCUT2D eigenvalue weighted by Crippen LogP contribution is 2.32. The minimum absolute atomic E-state index is 0. The van der Waals surface area contributed by atoms with E-state index in [1.807, 2.05) is 0 Å². The van der Waals surface area contributed by atoms with E-state index < -0.39 is 29.1 Å². The number of aromatic amines is 1. The van der Waals surface area contributed by atoms with Gasteiger partial charge in [0.15, 0.2) is 0 Å². The molecule has 0 fully saturated rings. The Labute approximate surface area is 201 Å². The molecule has 4 rings (SSSR count). The molecule has 4 aromatic rings. The van der Waals surface area contributed by atoms with Crippen molar-refractivity contribution in [2.75, 3.05) is 17.7 Å². The molecule has 7 nitrogen and oxygen atoms in total. The van der Waals surface area contributed by atoms with Crippen molar-refractivity contribution in [3.05, 3.63) is 76.4 Å². The Morgan fingerprint density at radius 3 is 2.47 bits per heavy atom. The van der Waals surface area contributed by atoms with Gasteiger partial charge in [-0.05, 0) is 41.8 Å². The fraction of sp³-hybridized carbons (Fsp3) is 0.136. The van der Waals surface area contributed by atoms with Crippen LogP contribution in [-0.4, -0.2) is 28.9 Å². The number of H-pyrrole nitrogens is 1. The molecule has 0 radical (unpaired) electrons. The van der Waals surface area contributed by atoms with Crippen molar-refractivity contribution in [2.45, 2.75) is 12.8 Å². The normalized spacial score (nSPS) is 11.2. The molecule has 0 bridgehead atoms. The second-order valence-corrected chi connectivity index (χ2v) is 7.91. The van der Waals surface area contributed by atoms with E-state index in [-0.39, 0.29) is 30.3 Å². The summed E-state index contributed by atoms with van der Waals surface area (Å²) in [5.74, 6) is -0.989. The quantitative estimate of drug-likeness (QED) is 0.309. The van der Waals surface area contributed by atoms with E-state index in [2.05, 4.69) is 20.6 Å². The van der Waals surface area contributed by atoms with Crippen molar-refractivity contribution < 1.29 is 27.5 Å². The van der Waals surface area contributed by atoms with Crippen molar-refractivity contribution >= 4 is 57.3 Å². The number of hydrogen-bond acceptors (Lipinski definition) is 5. The van der Waals surface area contributed by atoms with Crippen LogP contribution in [0, 0.1) is 0 Å². The molecule has 0 aliphatic carbocycles. The molecule has 0 aliphatic heterocycles. The minimum atomic E-state index is -4.69. The third-order valence-electron chi connectivity index (χ3n) is 4.65. The summed E-state index contributed by atoms with van der Waals surface area (Å²) in [4.78, 5) is 33.0. The number of ether oxygens (including phenoxy) is 1. The van der Waals surface area contributed by atoms with E-state index in [1.54, 1.807) is 17.5 Å². The number of anilines is 2. The highest BCUT2D eigenvalue weighted by molar-refractivity contribution is 7.14. The van der Waals surface area contributed by atoms with Crippen molar-refractivity contribution in [1.82, 2.24) is 9.97 Å². The van der Waals surface area contributed by atoms with E-state index in [4.69, 9.17) is 4.74 Å². The van der Waals surface area contributed by atoms with Crippen LogP contribution in [0.15, 0.2) is 53.9 Å². The molecule has 0 saturated carbocycles. The van der Waals surface area contributed by atoms with Crippen LogP contribution in [0.25, 0.3) is 11.0 Å². The predicted octanol–water partition coefficient (Wildman–Crippen LogP) is 5.72. The number of carbonyl (C=O) groups excluding carboxylic acids is 2. The van der Waals surface area contributed by atoms with E-state index in [0.717, 1.165) is 12.1 Å². The molecule has 2 amide bonds. The third kappa shape index (κ3) is 5.38. The van der Waals surface area contributed by atoms with Gasteiger partial charge >= 0.3 is 6.18 Å². The average Bonchev–Trinajstić information content (AvgIpc) is 3.42. The molecular weight excluding hydrogens is 493 g/mol. The van der Waals surface area contributed by atoms with Gasteiger partial charge in [0.25, 0.3) is 11.8 Å². The molecule has 3 N–H and O–H groups in total. The number of benzene rings is 2. The Balaban J connectivity index is 0.00000324. The zero-order valence-corrected chi connectivity index (χ0v) is 19.2. The lowest BCUT2D eigenvalue weighted by Gasteiger charge is -2.13. The molecule has 0 saturated heterocycles. The van der Waals surface area contributed by atoms with Gasteiger partial charge in [-0.25, -0.2) is 4.98 Å². The number of methoxy groups -OCH3 is 1. The first-order valence-corrected chi connectivity index (χ1v) is 10.5. The van der Waals surface area contributed by atoms with Crippen LogP contribution in [0.1, 0.15) is 32.1 Å². The van der Waals surface area contributed by atoms with Gasteiger partial charge in [-0.3, -0.25) is 9.59 Å². The first-order chi connectivity index (χ1) is 15.8. The van der Waals surface area contributed by atoms with Gasteiger partial charge in [-0.15, -0.1) is 23.7 Å². The summed E-state index contributed by atoms with van der Waals surface area (Å²) in [6.07, 6.45) is -4.69. The number of fused-ring (bicyclic) bond motifs is 1. The smallest absolute Gasteiger partial charge is 0.377 e. The molecule has 2 aromatic heterocycles. The third-order valence-corrected chi connectivity index (χ3v) is 5.44. The molecule has 0 aliphatic rings. The Morgan fingerprint density at radius 2 is 1.79 bits per heavy atom. The van der Waals surface area contributed by atoms with Gasteiger partial charge in [-0.1, -0.05) is 12.1 Å². The van der Waals surface area contributed by atoms with Crippen LogP contribution in [0.3, 0.4) is 0 Å². The summed E-state index contributed by atoms with van der Waals surface area (Å²) in [7, 11) is 1.49. The van der Waals surface area contributed by atoms with Crippen LogP contribution in [0.2, 0.25) is 0 Å². The highest BCUT2D eigenvalue weighted by atomic mass is 35.5. The molecule has 0 atom stereocenters. The van der Waals surface area contributed by atoms with Crippen LogP contribution in [0.4, 0.5) is 23.9 Å². The number of hydrogen-bond donors (Lipinski definition) is 3. The van der Waals surface area contributed by atoms with Crippen molar-refractivity contribution in [1.29, 1.82) is 0 Å². The number of nitrogens with one attached hydrogen (secondary N) is 3. The number of aromatic nitrogens is 2. The Morgan fingerprint density at radius 1 is 1.06 bits per heavy atom. The largest absolute Gasteiger partial charge is 0.417 e. The Bertz CT molecular complexity index is 1320. The van der Waals surface area contributed by atoms with E-state index in [1.165, 1.54) is 42.7 Å². The molecule has 0 unspecified atom stereocenters. The molecule has 12 heteroatoms. The van der Waals surface area contributed by atoms with Crippen LogP contribution >= 0.6 is 23.7 Å². The topological polar surface area (TPSA) is 96.1 Å². The van der Waals surface area contributed by atoms with Gasteiger partial charge in [0.2, 0.25) is 0 Å². The molecule has 0 spiro atoms. The second kappa shape index (κ2) is 10.2. The molecular formula is C22H18ClF3N4O3S. The number of thiophene rings is 1. The van der Waals surface area contributed by atoms with Gasteiger partial charge in [0.05, 0.1) is 27.2 Å². The van der Waals surface area contributed by atoms with Crippen LogP contribution in [0.5, 0.6) is 0 Å². The van der Waals surface area contributed by atoms with E-state index in [0.29, 0.717) is 21.9 Å². The van der Waals surface area contributed by atoms with Crippen molar-refractivity contribution in [3.63, 3.8) is 0 Å². The number of alkyl halides is 3. The maximum absolute atomic E-state index is 13.3. The van der Waals surface area contributed by atoms with E-state index >= 15 is 0 Å². The number of imidazole rings is 1. The first kappa shape index (κ1) is 25.2. The van der Waals surface area contributed by atoms with Crippen LogP contribution < -0.4 is 10.6 Å². The molecule has 178 valence electrons. The number of amides is 2. The fourth-order valence-corrected chi connectivity index (χ4v) is 3.89. The standard InChI is InChI=1S/C22H17F3N4O3S.ClH/c1-32-11-17-27-16-10-12(26-20(30)13-5-2-3-6-15(13)22(23,24)25)9-14(19(16)28-17)21(31)29-18-7-4-8-33-18;/h2-10H,11H2,1H3,(H,26,30)(H,27,28)(H,29,31);1H. The average molecular weight is 511 g/mol. The molecule has 34 heavy (non-hydrogen) atoms. The lowest BCUT2D eigenvalue weighted by atomic mass is 10.1. The SMILES string of the molecule is COCc1nc2c(C(=O)Nc3cccs3)cc(NC(=O)c3ccccc3C(F)(F)F)cc2[nH]1.Cl. The summed E-state index contributed by atoms with van der Waals surface area (Å²) in [5, 5.41) is 7.61. The number of halogens is 4. The van der Waals surface area contributed by atoms with Crippen molar-refractivity contribution in [3.8, 4) is 0 Å². The number of rotatable bonds is 6. The molecule has 2 aromatic carbocycles. The summed E-state index contributed by atoms with van der Waals surface area (Å²) in [6, 6.07) is 10.8. The summed E-state index contributed by atoms with van der Waals surface area (Å²) >= 11 is 1.32. The summed E-state index contributed by atoms with van der Waals surface area (Å²) in [5.41, 5.74) is -0.556. The van der Waals surface area contributed by atoms with Gasteiger partial charge in [0, 0.05) is 12.8 Å². The summed E-state index contributed by atoms with van der Waals surface area (Å²) in [6.45, 7) is 0.154. The lowest BCUT2D eigenvalue weighted by Crippen LogP contribution is -2.19. The Hall–Kier alpha value is -3.41. The summed E-state index contributed by atoms with van der Waals surface area (Å²) < 4.78 is 45.0. The van der Waals surface area contributed by atoms with E-state index in [9.17, 15) is 22.8 Å². The lowest BCUT2D eigenvalue weighted by molar-refractivity contribution is -0.137. The van der Waals surface area contributed by atoms with Gasteiger partial charge < -0.3 is 20.4 Å². The maximum atomic E-state index is 13.3. The number of carbonyl (C=O) groups is 2. The van der Waals surface area contributed by atoms with Crippen LogP contribution in [-0.2, 0) is 17.5 Å². The zero-order valence-electron chi connectivity index (χ0n) is 17.5. The maximum Gasteiger partial charge on any atom is 0.417 e. The second-order valence-electron chi connectivity index (χ2n) is 6.97.